The number of hydrogen-bond acceptors (Lipinski definition) is 5. The average molecular weight is 456 g/mol. The maximum Gasteiger partial charge on any atom is 0.229 e. The second-order valence-electron chi connectivity index (χ2n) is 8.25. The van der Waals surface area contributed by atoms with E-state index in [4.69, 9.17) is 4.74 Å². The summed E-state index contributed by atoms with van der Waals surface area (Å²) in [6, 6.07) is 22.8. The first-order valence-electron chi connectivity index (χ1n) is 11.1. The zero-order valence-corrected chi connectivity index (χ0v) is 19.6. The summed E-state index contributed by atoms with van der Waals surface area (Å²) in [5, 5.41) is 13.1. The zero-order valence-electron chi connectivity index (χ0n) is 18.7. The number of para-hydroxylation sites is 1. The van der Waals surface area contributed by atoms with E-state index in [0.717, 1.165) is 33.5 Å². The molecular weight excluding hydrogens is 430 g/mol. The number of anilines is 1. The number of nitrogens with zero attached hydrogens (tertiary/aromatic N) is 3. The molecule has 0 saturated carbocycles. The van der Waals surface area contributed by atoms with Gasteiger partial charge in [-0.25, -0.2) is 0 Å². The predicted octanol–water partition coefficient (Wildman–Crippen LogP) is 5.63. The van der Waals surface area contributed by atoms with Gasteiger partial charge in [-0.3, -0.25) is 9.69 Å². The minimum atomic E-state index is -0.322. The van der Waals surface area contributed by atoms with Crippen molar-refractivity contribution in [3.05, 3.63) is 82.4 Å². The first-order chi connectivity index (χ1) is 16.2. The third-order valence-corrected chi connectivity index (χ3v) is 7.66. The number of fused-ring (bicyclic) bond motifs is 2. The average Bonchev–Trinajstić information content (AvgIpc) is 2.87. The van der Waals surface area contributed by atoms with Gasteiger partial charge in [-0.1, -0.05) is 67.2 Å². The van der Waals surface area contributed by atoms with Crippen LogP contribution in [-0.2, 0) is 11.2 Å². The van der Waals surface area contributed by atoms with Gasteiger partial charge >= 0.3 is 0 Å². The Morgan fingerprint density at radius 3 is 2.70 bits per heavy atom. The minimum absolute atomic E-state index is 0.0372. The largest absolute Gasteiger partial charge is 0.496 e. The lowest BCUT2D eigenvalue weighted by Gasteiger charge is -2.42. The number of amides is 1. The van der Waals surface area contributed by atoms with E-state index >= 15 is 0 Å². The monoisotopic (exact) mass is 455 g/mol. The first-order valence-corrected chi connectivity index (χ1v) is 12.1. The molecule has 33 heavy (non-hydrogen) atoms. The Morgan fingerprint density at radius 2 is 1.91 bits per heavy atom. The molecule has 1 saturated heterocycles. The molecule has 0 radical (unpaired) electrons. The normalized spacial score (nSPS) is 18.3. The van der Waals surface area contributed by atoms with Crippen molar-refractivity contribution in [2.75, 3.05) is 24.6 Å². The molecule has 1 unspecified atom stereocenters. The fourth-order valence-corrected chi connectivity index (χ4v) is 6.05. The van der Waals surface area contributed by atoms with Crippen LogP contribution in [0.4, 0.5) is 5.69 Å². The lowest BCUT2D eigenvalue weighted by Crippen LogP contribution is -2.47. The van der Waals surface area contributed by atoms with E-state index in [1.54, 1.807) is 23.8 Å². The fourth-order valence-electron chi connectivity index (χ4n) is 4.89. The minimum Gasteiger partial charge on any atom is -0.496 e. The highest BCUT2D eigenvalue weighted by Crippen LogP contribution is 2.47. The number of ether oxygens (including phenoxy) is 1. The number of rotatable bonds is 4. The summed E-state index contributed by atoms with van der Waals surface area (Å²) in [6.07, 6.45) is 1.18. The van der Waals surface area contributed by atoms with Gasteiger partial charge in [0.1, 0.15) is 5.75 Å². The van der Waals surface area contributed by atoms with Crippen LogP contribution in [0.5, 0.6) is 5.75 Å². The SMILES string of the molecule is CCc1ccccc1N1CSC2=C(C#N)C(c3c(OC)ccc4ccccc34)CC(=O)N2C1. The van der Waals surface area contributed by atoms with Crippen LogP contribution in [0.1, 0.15) is 30.4 Å². The highest BCUT2D eigenvalue weighted by atomic mass is 32.2. The van der Waals surface area contributed by atoms with Crippen molar-refractivity contribution in [1.82, 2.24) is 4.90 Å². The standard InChI is InChI=1S/C27H25N3O2S/c1-3-18-8-5-7-11-23(18)29-16-30-25(31)14-21(22(15-28)27(30)33-17-29)26-20-10-6-4-9-19(20)12-13-24(26)32-2/h4-13,21H,3,14,16-17H2,1-2H3. The van der Waals surface area contributed by atoms with Crippen molar-refractivity contribution in [2.45, 2.75) is 25.7 Å². The summed E-state index contributed by atoms with van der Waals surface area (Å²) in [5.41, 5.74) is 3.98. The summed E-state index contributed by atoms with van der Waals surface area (Å²) < 4.78 is 5.70. The highest BCUT2D eigenvalue weighted by Gasteiger charge is 2.40. The lowest BCUT2D eigenvalue weighted by molar-refractivity contribution is -0.129. The quantitative estimate of drug-likeness (QED) is 0.510. The molecule has 2 aliphatic heterocycles. The van der Waals surface area contributed by atoms with Gasteiger partial charge in [-0.05, 0) is 34.9 Å². The fraction of sp³-hybridized carbons (Fsp3) is 0.259. The molecule has 1 fully saturated rings. The molecule has 0 bridgehead atoms. The number of benzene rings is 3. The molecule has 1 atom stereocenters. The molecule has 0 spiro atoms. The van der Waals surface area contributed by atoms with E-state index in [0.29, 0.717) is 23.9 Å². The van der Waals surface area contributed by atoms with Crippen LogP contribution in [0, 0.1) is 11.3 Å². The highest BCUT2D eigenvalue weighted by molar-refractivity contribution is 8.03. The predicted molar refractivity (Wildman–Crippen MR) is 133 cm³/mol. The van der Waals surface area contributed by atoms with Gasteiger partial charge < -0.3 is 9.64 Å². The Kier molecular flexibility index (Phi) is 5.74. The van der Waals surface area contributed by atoms with Crippen LogP contribution in [0.2, 0.25) is 0 Å². The first kappa shape index (κ1) is 21.4. The van der Waals surface area contributed by atoms with Crippen molar-refractivity contribution in [3.8, 4) is 11.8 Å². The van der Waals surface area contributed by atoms with E-state index < -0.39 is 0 Å². The van der Waals surface area contributed by atoms with Crippen molar-refractivity contribution in [2.24, 2.45) is 0 Å². The van der Waals surface area contributed by atoms with Gasteiger partial charge in [0.25, 0.3) is 0 Å². The molecule has 2 aliphatic rings. The number of carbonyl (C=O) groups excluding carboxylic acids is 1. The van der Waals surface area contributed by atoms with E-state index in [-0.39, 0.29) is 18.2 Å². The molecule has 5 rings (SSSR count). The van der Waals surface area contributed by atoms with Crippen molar-refractivity contribution >= 4 is 34.1 Å². The van der Waals surface area contributed by atoms with Crippen LogP contribution in [-0.4, -0.2) is 30.5 Å². The van der Waals surface area contributed by atoms with Gasteiger partial charge in [0.2, 0.25) is 5.91 Å². The molecule has 1 amide bonds. The van der Waals surface area contributed by atoms with Crippen LogP contribution in [0.25, 0.3) is 10.8 Å². The van der Waals surface area contributed by atoms with Crippen molar-refractivity contribution in [1.29, 1.82) is 5.26 Å². The summed E-state index contributed by atoms with van der Waals surface area (Å²) in [6.45, 7) is 2.60. The molecular formula is C27H25N3O2S. The third-order valence-electron chi connectivity index (χ3n) is 6.51. The molecule has 5 nitrogen and oxygen atoms in total. The third kappa shape index (κ3) is 3.63. The Balaban J connectivity index is 1.58. The molecule has 3 aromatic carbocycles. The van der Waals surface area contributed by atoms with Crippen molar-refractivity contribution < 1.29 is 9.53 Å². The molecule has 0 N–H and O–H groups in total. The Bertz CT molecular complexity index is 1310. The van der Waals surface area contributed by atoms with Crippen molar-refractivity contribution in [3.63, 3.8) is 0 Å². The maximum atomic E-state index is 13.4. The number of carbonyl (C=O) groups is 1. The summed E-state index contributed by atoms with van der Waals surface area (Å²) in [5.74, 6) is 1.13. The second kappa shape index (κ2) is 8.84. The van der Waals surface area contributed by atoms with E-state index in [1.807, 2.05) is 48.5 Å². The molecule has 0 aliphatic carbocycles. The van der Waals surface area contributed by atoms with Crippen LogP contribution < -0.4 is 9.64 Å². The van der Waals surface area contributed by atoms with Gasteiger partial charge in [-0.2, -0.15) is 5.26 Å². The maximum absolute atomic E-state index is 13.4. The Hall–Kier alpha value is -3.43. The Labute approximate surface area is 198 Å². The number of aryl methyl sites for hydroxylation is 1. The number of nitriles is 1. The second-order valence-corrected chi connectivity index (χ2v) is 9.18. The van der Waals surface area contributed by atoms with E-state index in [2.05, 4.69) is 30.0 Å². The van der Waals surface area contributed by atoms with E-state index in [9.17, 15) is 10.1 Å². The molecule has 0 aromatic heterocycles. The number of thioether (sulfide) groups is 1. The summed E-state index contributed by atoms with van der Waals surface area (Å²) in [7, 11) is 1.64. The topological polar surface area (TPSA) is 56.6 Å². The summed E-state index contributed by atoms with van der Waals surface area (Å²) >= 11 is 1.57. The Morgan fingerprint density at radius 1 is 1.12 bits per heavy atom. The molecule has 2 heterocycles. The van der Waals surface area contributed by atoms with Gasteiger partial charge in [0, 0.05) is 23.6 Å². The number of allylic oxidation sites excluding steroid dienone is 1. The van der Waals surface area contributed by atoms with Crippen LogP contribution in [0.3, 0.4) is 0 Å². The summed E-state index contributed by atoms with van der Waals surface area (Å²) in [4.78, 5) is 17.4. The number of methoxy groups -OCH3 is 1. The number of hydrogen-bond donors (Lipinski definition) is 0. The zero-order chi connectivity index (χ0) is 22.9. The lowest BCUT2D eigenvalue weighted by atomic mass is 9.83. The van der Waals surface area contributed by atoms with Gasteiger partial charge in [0.05, 0.1) is 36.3 Å². The molecule has 6 heteroatoms. The van der Waals surface area contributed by atoms with Gasteiger partial charge in [-0.15, -0.1) is 0 Å². The smallest absolute Gasteiger partial charge is 0.229 e. The van der Waals surface area contributed by atoms with Crippen LogP contribution >= 0.6 is 11.8 Å². The molecule has 3 aromatic rings. The van der Waals surface area contributed by atoms with Gasteiger partial charge in [0.15, 0.2) is 0 Å². The van der Waals surface area contributed by atoms with Crippen LogP contribution in [0.15, 0.2) is 71.3 Å². The van der Waals surface area contributed by atoms with E-state index in [1.165, 1.54) is 5.56 Å². The molecule has 166 valence electrons.